The van der Waals surface area contributed by atoms with Gasteiger partial charge < -0.3 is 9.15 Å². The fraction of sp³-hybridized carbons (Fsp3) is 0.286. The standard InChI is InChI=1S/C14H13ClO4/c1-2-3-8-18-12-11(16)9-6-4-5-7-10(9)19-13(12)14(15)17/h4-7H,2-3,8H2,1H3. The van der Waals surface area contributed by atoms with E-state index in [1.807, 2.05) is 6.92 Å². The average molecular weight is 281 g/mol. The van der Waals surface area contributed by atoms with E-state index in [1.165, 1.54) is 0 Å². The molecule has 0 aliphatic rings. The number of para-hydroxylation sites is 1. The Kier molecular flexibility index (Phi) is 4.22. The molecular formula is C14H13ClO4. The van der Waals surface area contributed by atoms with E-state index >= 15 is 0 Å². The lowest BCUT2D eigenvalue weighted by Crippen LogP contribution is -2.13. The smallest absolute Gasteiger partial charge is 0.291 e. The van der Waals surface area contributed by atoms with Gasteiger partial charge in [0.2, 0.25) is 16.9 Å². The summed E-state index contributed by atoms with van der Waals surface area (Å²) in [5.41, 5.74) is -0.0544. The highest BCUT2D eigenvalue weighted by atomic mass is 35.5. The van der Waals surface area contributed by atoms with Gasteiger partial charge in [-0.25, -0.2) is 0 Å². The third-order valence-electron chi connectivity index (χ3n) is 2.68. The van der Waals surface area contributed by atoms with Gasteiger partial charge in [-0.1, -0.05) is 25.5 Å². The summed E-state index contributed by atoms with van der Waals surface area (Å²) in [6.45, 7) is 2.34. The zero-order chi connectivity index (χ0) is 13.8. The van der Waals surface area contributed by atoms with Crippen LogP contribution in [0.15, 0.2) is 33.5 Å². The molecule has 0 atom stereocenters. The Labute approximate surface area is 114 Å². The van der Waals surface area contributed by atoms with E-state index in [0.717, 1.165) is 12.8 Å². The Morgan fingerprint density at radius 2 is 2.11 bits per heavy atom. The molecular weight excluding hydrogens is 268 g/mol. The summed E-state index contributed by atoms with van der Waals surface area (Å²) in [5.74, 6) is -0.339. The minimum absolute atomic E-state index is 0.104. The molecule has 19 heavy (non-hydrogen) atoms. The van der Waals surface area contributed by atoms with Crippen molar-refractivity contribution in [1.82, 2.24) is 0 Å². The summed E-state index contributed by atoms with van der Waals surface area (Å²) in [6.07, 6.45) is 1.70. The van der Waals surface area contributed by atoms with Gasteiger partial charge in [0.05, 0.1) is 12.0 Å². The van der Waals surface area contributed by atoms with Crippen molar-refractivity contribution in [3.63, 3.8) is 0 Å². The van der Waals surface area contributed by atoms with Gasteiger partial charge >= 0.3 is 0 Å². The van der Waals surface area contributed by atoms with Crippen LogP contribution in [0.5, 0.6) is 5.75 Å². The van der Waals surface area contributed by atoms with Gasteiger partial charge in [0.25, 0.3) is 5.24 Å². The quantitative estimate of drug-likeness (QED) is 0.622. The topological polar surface area (TPSA) is 56.5 Å². The third-order valence-corrected chi connectivity index (χ3v) is 2.85. The second kappa shape index (κ2) is 5.89. The maximum atomic E-state index is 12.3. The number of halogens is 1. The van der Waals surface area contributed by atoms with Crippen LogP contribution in [0.4, 0.5) is 0 Å². The maximum Gasteiger partial charge on any atom is 0.291 e. The van der Waals surface area contributed by atoms with E-state index in [-0.39, 0.29) is 16.9 Å². The molecule has 0 fully saturated rings. The van der Waals surface area contributed by atoms with E-state index in [9.17, 15) is 9.59 Å². The molecule has 0 unspecified atom stereocenters. The van der Waals surface area contributed by atoms with Crippen LogP contribution in [0.3, 0.4) is 0 Å². The fourth-order valence-electron chi connectivity index (χ4n) is 1.70. The van der Waals surface area contributed by atoms with Crippen LogP contribution in [0.1, 0.15) is 30.3 Å². The number of ether oxygens (including phenoxy) is 1. The molecule has 0 spiro atoms. The second-order valence-electron chi connectivity index (χ2n) is 4.06. The SMILES string of the molecule is CCCCOc1c(C(=O)Cl)oc2ccccc2c1=O. The van der Waals surface area contributed by atoms with Crippen LogP contribution in [0.2, 0.25) is 0 Å². The van der Waals surface area contributed by atoms with Crippen molar-refractivity contribution in [2.75, 3.05) is 6.61 Å². The Hall–Kier alpha value is -1.81. The molecule has 0 saturated carbocycles. The van der Waals surface area contributed by atoms with Gasteiger partial charge in [0.1, 0.15) is 5.58 Å². The van der Waals surface area contributed by atoms with Crippen LogP contribution in [0, 0.1) is 0 Å². The van der Waals surface area contributed by atoms with Gasteiger partial charge in [-0.05, 0) is 30.2 Å². The number of hydrogen-bond donors (Lipinski definition) is 0. The van der Waals surface area contributed by atoms with E-state index in [1.54, 1.807) is 24.3 Å². The van der Waals surface area contributed by atoms with Gasteiger partial charge in [-0.3, -0.25) is 9.59 Å². The van der Waals surface area contributed by atoms with E-state index in [2.05, 4.69) is 0 Å². The average Bonchev–Trinajstić information content (AvgIpc) is 2.41. The highest BCUT2D eigenvalue weighted by molar-refractivity contribution is 6.67. The first kappa shape index (κ1) is 13.6. The molecule has 100 valence electrons. The van der Waals surface area contributed by atoms with Gasteiger partial charge in [0.15, 0.2) is 0 Å². The van der Waals surface area contributed by atoms with E-state index < -0.39 is 5.24 Å². The summed E-state index contributed by atoms with van der Waals surface area (Å²) >= 11 is 5.44. The summed E-state index contributed by atoms with van der Waals surface area (Å²) in [7, 11) is 0. The normalized spacial score (nSPS) is 10.6. The lowest BCUT2D eigenvalue weighted by Gasteiger charge is -2.08. The molecule has 1 heterocycles. The molecule has 1 aromatic carbocycles. The van der Waals surface area contributed by atoms with Crippen molar-refractivity contribution in [2.24, 2.45) is 0 Å². The molecule has 0 aliphatic carbocycles. The number of benzene rings is 1. The largest absolute Gasteiger partial charge is 0.486 e. The van der Waals surface area contributed by atoms with Crippen molar-refractivity contribution in [3.8, 4) is 5.75 Å². The maximum absolute atomic E-state index is 12.3. The summed E-state index contributed by atoms with van der Waals surface area (Å²) in [4.78, 5) is 23.6. The Morgan fingerprint density at radius 3 is 2.79 bits per heavy atom. The summed E-state index contributed by atoms with van der Waals surface area (Å²) in [5, 5.41) is -0.468. The molecule has 0 N–H and O–H groups in total. The first-order valence-corrected chi connectivity index (χ1v) is 6.41. The number of rotatable bonds is 5. The molecule has 0 saturated heterocycles. The third kappa shape index (κ3) is 2.79. The number of fused-ring (bicyclic) bond motifs is 1. The minimum Gasteiger partial charge on any atom is -0.486 e. The van der Waals surface area contributed by atoms with Gasteiger partial charge in [-0.2, -0.15) is 0 Å². The van der Waals surface area contributed by atoms with Crippen LogP contribution < -0.4 is 10.2 Å². The zero-order valence-corrected chi connectivity index (χ0v) is 11.2. The highest BCUT2D eigenvalue weighted by Crippen LogP contribution is 2.22. The van der Waals surface area contributed by atoms with Crippen molar-refractivity contribution in [2.45, 2.75) is 19.8 Å². The molecule has 1 aromatic heterocycles. The predicted molar refractivity (Wildman–Crippen MR) is 73.1 cm³/mol. The van der Waals surface area contributed by atoms with Crippen LogP contribution in [-0.4, -0.2) is 11.8 Å². The fourth-order valence-corrected chi connectivity index (χ4v) is 1.83. The van der Waals surface area contributed by atoms with E-state index in [4.69, 9.17) is 20.8 Å². The lowest BCUT2D eigenvalue weighted by atomic mass is 10.2. The molecule has 0 amide bonds. The van der Waals surface area contributed by atoms with Gasteiger partial charge in [0, 0.05) is 0 Å². The van der Waals surface area contributed by atoms with Crippen LogP contribution in [0.25, 0.3) is 11.0 Å². The number of carbonyl (C=O) groups excluding carboxylic acids is 1. The molecule has 0 bridgehead atoms. The van der Waals surface area contributed by atoms with Gasteiger partial charge in [-0.15, -0.1) is 0 Å². The molecule has 2 rings (SSSR count). The number of hydrogen-bond acceptors (Lipinski definition) is 4. The number of unbranched alkanes of at least 4 members (excludes halogenated alkanes) is 1. The predicted octanol–water partition coefficient (Wildman–Crippen LogP) is 3.35. The molecule has 5 heteroatoms. The Morgan fingerprint density at radius 1 is 1.37 bits per heavy atom. The monoisotopic (exact) mass is 280 g/mol. The molecule has 2 aromatic rings. The number of carbonyl (C=O) groups is 1. The van der Waals surface area contributed by atoms with Crippen molar-refractivity contribution in [3.05, 3.63) is 40.2 Å². The molecule has 0 aliphatic heterocycles. The van der Waals surface area contributed by atoms with Crippen LogP contribution >= 0.6 is 11.6 Å². The second-order valence-corrected chi connectivity index (χ2v) is 4.40. The summed E-state index contributed by atoms with van der Waals surface area (Å²) < 4.78 is 10.7. The van der Waals surface area contributed by atoms with Crippen molar-refractivity contribution >= 4 is 27.8 Å². The molecule has 4 nitrogen and oxygen atoms in total. The Balaban J connectivity index is 2.58. The first-order chi connectivity index (χ1) is 9.15. The highest BCUT2D eigenvalue weighted by Gasteiger charge is 2.20. The first-order valence-electron chi connectivity index (χ1n) is 6.03. The molecule has 0 radical (unpaired) electrons. The minimum atomic E-state index is -0.839. The van der Waals surface area contributed by atoms with Crippen molar-refractivity contribution in [1.29, 1.82) is 0 Å². The van der Waals surface area contributed by atoms with Crippen molar-refractivity contribution < 1.29 is 13.9 Å². The lowest BCUT2D eigenvalue weighted by molar-refractivity contribution is 0.105. The van der Waals surface area contributed by atoms with E-state index in [0.29, 0.717) is 17.6 Å². The zero-order valence-electron chi connectivity index (χ0n) is 10.4. The summed E-state index contributed by atoms with van der Waals surface area (Å²) in [6, 6.07) is 6.66. The Bertz CT molecular complexity index is 660. The van der Waals surface area contributed by atoms with Crippen LogP contribution in [-0.2, 0) is 0 Å².